The monoisotopic (exact) mass is 380 g/mol. The highest BCUT2D eigenvalue weighted by molar-refractivity contribution is 9.10. The first kappa shape index (κ1) is 17.2. The summed E-state index contributed by atoms with van der Waals surface area (Å²) >= 11 is 9.56. The molecule has 0 amide bonds. The highest BCUT2D eigenvalue weighted by atomic mass is 79.9. The molecule has 0 saturated heterocycles. The number of halogens is 2. The van der Waals surface area contributed by atoms with Gasteiger partial charge in [-0.05, 0) is 35.7 Å². The Morgan fingerprint density at radius 2 is 1.95 bits per heavy atom. The Labute approximate surface area is 144 Å². The average molecular weight is 382 g/mol. The smallest absolute Gasteiger partial charge is 0.106 e. The van der Waals surface area contributed by atoms with Gasteiger partial charge in [-0.25, -0.2) is 0 Å². The van der Waals surface area contributed by atoms with Crippen LogP contribution in [0.4, 0.5) is 0 Å². The minimum atomic E-state index is -0.740. The van der Waals surface area contributed by atoms with Crippen molar-refractivity contribution >= 4 is 27.5 Å². The van der Waals surface area contributed by atoms with Gasteiger partial charge in [0, 0.05) is 15.1 Å². The van der Waals surface area contributed by atoms with Crippen molar-refractivity contribution in [2.75, 3.05) is 13.2 Å². The number of hydrogen-bond donors (Lipinski definition) is 1. The van der Waals surface area contributed by atoms with E-state index >= 15 is 0 Å². The summed E-state index contributed by atoms with van der Waals surface area (Å²) in [4.78, 5) is 0. The van der Waals surface area contributed by atoms with Crippen molar-refractivity contribution in [1.82, 2.24) is 0 Å². The summed E-state index contributed by atoms with van der Waals surface area (Å²) in [6.07, 6.45) is 1.83. The predicted molar refractivity (Wildman–Crippen MR) is 94.4 cm³/mol. The van der Waals surface area contributed by atoms with Crippen LogP contribution in [0.15, 0.2) is 59.6 Å². The van der Waals surface area contributed by atoms with Gasteiger partial charge in [-0.3, -0.25) is 0 Å². The first-order valence-corrected chi connectivity index (χ1v) is 8.19. The van der Waals surface area contributed by atoms with Crippen molar-refractivity contribution in [2.45, 2.75) is 12.5 Å². The van der Waals surface area contributed by atoms with Crippen LogP contribution < -0.4 is 0 Å². The van der Waals surface area contributed by atoms with E-state index in [0.29, 0.717) is 23.8 Å². The lowest BCUT2D eigenvalue weighted by Crippen LogP contribution is -2.02. The number of hydrogen-bond acceptors (Lipinski definition) is 2. The molecule has 4 heteroatoms. The quantitative estimate of drug-likeness (QED) is 0.544. The average Bonchev–Trinajstić information content (AvgIpc) is 2.54. The van der Waals surface area contributed by atoms with Crippen molar-refractivity contribution in [3.63, 3.8) is 0 Å². The molecular formula is C18H18BrClO2. The summed E-state index contributed by atoms with van der Waals surface area (Å²) < 4.78 is 6.26. The second-order valence-corrected chi connectivity index (χ2v) is 6.25. The van der Waals surface area contributed by atoms with E-state index < -0.39 is 6.10 Å². The standard InChI is InChI=1S/C18H18BrClO2/c1-2-10-22-11-9-13-3-5-14(6-4-13)18(21)16-12-15(19)7-8-17(16)20/h2-8,12,18,21H,1,9-11H2. The number of rotatable bonds is 7. The molecule has 0 aliphatic carbocycles. The maximum Gasteiger partial charge on any atom is 0.106 e. The van der Waals surface area contributed by atoms with Gasteiger partial charge in [-0.15, -0.1) is 6.58 Å². The van der Waals surface area contributed by atoms with E-state index in [-0.39, 0.29) is 0 Å². The third kappa shape index (κ3) is 4.68. The summed E-state index contributed by atoms with van der Waals surface area (Å²) in [6, 6.07) is 13.3. The lowest BCUT2D eigenvalue weighted by molar-refractivity contribution is 0.166. The van der Waals surface area contributed by atoms with Crippen molar-refractivity contribution in [1.29, 1.82) is 0 Å². The lowest BCUT2D eigenvalue weighted by atomic mass is 10.00. The van der Waals surface area contributed by atoms with Crippen LogP contribution in [0.1, 0.15) is 22.8 Å². The van der Waals surface area contributed by atoms with Crippen LogP contribution >= 0.6 is 27.5 Å². The fraction of sp³-hybridized carbons (Fsp3) is 0.222. The second kappa shape index (κ2) is 8.49. The Morgan fingerprint density at radius 3 is 2.64 bits per heavy atom. The van der Waals surface area contributed by atoms with Crippen LogP contribution in [0.5, 0.6) is 0 Å². The van der Waals surface area contributed by atoms with E-state index in [1.807, 2.05) is 36.4 Å². The Kier molecular flexibility index (Phi) is 6.65. The molecule has 0 aliphatic heterocycles. The zero-order valence-electron chi connectivity index (χ0n) is 12.1. The molecule has 0 spiro atoms. The van der Waals surface area contributed by atoms with Gasteiger partial charge in [0.15, 0.2) is 0 Å². The summed E-state index contributed by atoms with van der Waals surface area (Å²) in [6.45, 7) is 4.84. The van der Waals surface area contributed by atoms with E-state index in [4.69, 9.17) is 16.3 Å². The van der Waals surface area contributed by atoms with E-state index in [1.54, 1.807) is 12.1 Å². The maximum atomic E-state index is 10.5. The molecule has 1 unspecified atom stereocenters. The maximum absolute atomic E-state index is 10.5. The first-order chi connectivity index (χ1) is 10.6. The van der Waals surface area contributed by atoms with Crippen molar-refractivity contribution in [3.05, 3.63) is 81.3 Å². The molecule has 0 saturated carbocycles. The topological polar surface area (TPSA) is 29.5 Å². The summed E-state index contributed by atoms with van der Waals surface area (Å²) in [5, 5.41) is 11.0. The molecule has 1 N–H and O–H groups in total. The van der Waals surface area contributed by atoms with Crippen LogP contribution in [0, 0.1) is 0 Å². The Morgan fingerprint density at radius 1 is 1.23 bits per heavy atom. The first-order valence-electron chi connectivity index (χ1n) is 7.02. The second-order valence-electron chi connectivity index (χ2n) is 4.92. The summed E-state index contributed by atoms with van der Waals surface area (Å²) in [5.41, 5.74) is 2.68. The predicted octanol–water partition coefficient (Wildman–Crippen LogP) is 4.93. The molecule has 116 valence electrons. The van der Waals surface area contributed by atoms with Crippen molar-refractivity contribution in [2.24, 2.45) is 0 Å². The van der Waals surface area contributed by atoms with Crippen LogP contribution in [0.2, 0.25) is 5.02 Å². The van der Waals surface area contributed by atoms with Gasteiger partial charge in [0.2, 0.25) is 0 Å². The summed E-state index contributed by atoms with van der Waals surface area (Å²) in [5.74, 6) is 0. The zero-order chi connectivity index (χ0) is 15.9. The zero-order valence-corrected chi connectivity index (χ0v) is 14.5. The van der Waals surface area contributed by atoms with Crippen molar-refractivity contribution < 1.29 is 9.84 Å². The third-order valence-corrected chi connectivity index (χ3v) is 4.16. The van der Waals surface area contributed by atoms with Gasteiger partial charge in [-0.2, -0.15) is 0 Å². The fourth-order valence-corrected chi connectivity index (χ4v) is 2.73. The van der Waals surface area contributed by atoms with Crippen LogP contribution in [-0.2, 0) is 11.2 Å². The lowest BCUT2D eigenvalue weighted by Gasteiger charge is -2.14. The van der Waals surface area contributed by atoms with E-state index in [0.717, 1.165) is 16.5 Å². The molecule has 2 rings (SSSR count). The number of ether oxygens (including phenoxy) is 1. The highest BCUT2D eigenvalue weighted by Gasteiger charge is 2.14. The van der Waals surface area contributed by atoms with Gasteiger partial charge in [0.25, 0.3) is 0 Å². The third-order valence-electron chi connectivity index (χ3n) is 3.32. The van der Waals surface area contributed by atoms with E-state index in [1.165, 1.54) is 5.56 Å². The molecule has 0 heterocycles. The number of aliphatic hydroxyl groups excluding tert-OH is 1. The molecule has 1 atom stereocenters. The summed E-state index contributed by atoms with van der Waals surface area (Å²) in [7, 11) is 0. The fourth-order valence-electron chi connectivity index (χ4n) is 2.13. The molecule has 2 aromatic carbocycles. The largest absolute Gasteiger partial charge is 0.384 e. The Bertz CT molecular complexity index is 625. The Balaban J connectivity index is 2.06. The van der Waals surface area contributed by atoms with Gasteiger partial charge in [0.05, 0.1) is 13.2 Å². The van der Waals surface area contributed by atoms with Crippen LogP contribution in [-0.4, -0.2) is 18.3 Å². The van der Waals surface area contributed by atoms with Gasteiger partial charge in [0.1, 0.15) is 6.10 Å². The van der Waals surface area contributed by atoms with Crippen molar-refractivity contribution in [3.8, 4) is 0 Å². The minimum absolute atomic E-state index is 0.553. The molecular weight excluding hydrogens is 364 g/mol. The van der Waals surface area contributed by atoms with E-state index in [9.17, 15) is 5.11 Å². The normalized spacial score (nSPS) is 12.1. The van der Waals surface area contributed by atoms with Gasteiger partial charge in [-0.1, -0.05) is 57.9 Å². The molecule has 0 aliphatic rings. The van der Waals surface area contributed by atoms with Gasteiger partial charge >= 0.3 is 0 Å². The number of aliphatic hydroxyl groups is 1. The molecule has 2 aromatic rings. The highest BCUT2D eigenvalue weighted by Crippen LogP contribution is 2.30. The van der Waals surface area contributed by atoms with Crippen LogP contribution in [0.25, 0.3) is 0 Å². The van der Waals surface area contributed by atoms with Gasteiger partial charge < -0.3 is 9.84 Å². The molecule has 0 bridgehead atoms. The van der Waals surface area contributed by atoms with Crippen LogP contribution in [0.3, 0.4) is 0 Å². The molecule has 0 fully saturated rings. The Hall–Kier alpha value is -1.13. The molecule has 0 radical (unpaired) electrons. The SMILES string of the molecule is C=CCOCCc1ccc(C(O)c2cc(Br)ccc2Cl)cc1. The molecule has 22 heavy (non-hydrogen) atoms. The van der Waals surface area contributed by atoms with E-state index in [2.05, 4.69) is 22.5 Å². The molecule has 0 aromatic heterocycles. The molecule has 2 nitrogen and oxygen atoms in total. The number of benzene rings is 2. The minimum Gasteiger partial charge on any atom is -0.384 e.